The molecular weight excluding hydrogens is 716 g/mol. The molecule has 1 saturated carbocycles. The topological polar surface area (TPSA) is 120 Å². The first-order valence-electron chi connectivity index (χ1n) is 19.5. The molecule has 1 unspecified atom stereocenters. The van der Waals surface area contributed by atoms with E-state index in [0.717, 1.165) is 90.8 Å². The van der Waals surface area contributed by atoms with Crippen molar-refractivity contribution in [3.05, 3.63) is 70.0 Å². The van der Waals surface area contributed by atoms with Crippen LogP contribution >= 0.6 is 0 Å². The van der Waals surface area contributed by atoms with Crippen LogP contribution in [-0.2, 0) is 10.8 Å². The second-order valence-electron chi connectivity index (χ2n) is 15.8. The number of alkyl halides is 1. The third-order valence-electron chi connectivity index (χ3n) is 11.7. The minimum atomic E-state index is -1.28. The number of carbonyl (C=O) groups is 1. The fourth-order valence-electron chi connectivity index (χ4n) is 8.59. The number of ketones is 1. The van der Waals surface area contributed by atoms with Crippen molar-refractivity contribution in [3.63, 3.8) is 0 Å². The number of pyridine rings is 2. The number of nitrogens with zero attached hydrogens (tertiary/aromatic N) is 8. The number of aliphatic hydroxyl groups is 1. The van der Waals surface area contributed by atoms with Crippen molar-refractivity contribution in [2.75, 3.05) is 61.9 Å². The lowest BCUT2D eigenvalue weighted by atomic mass is 9.91. The molecule has 0 spiro atoms. The molecule has 11 nitrogen and oxygen atoms in total. The Morgan fingerprint density at radius 2 is 1.69 bits per heavy atom. The molecule has 1 atom stereocenters. The monoisotopic (exact) mass is 768 g/mol. The molecule has 55 heavy (non-hydrogen) atoms. The highest BCUT2D eigenvalue weighted by Crippen LogP contribution is 2.34. The van der Waals surface area contributed by atoms with Crippen LogP contribution in [0, 0.1) is 12.8 Å². The normalized spacial score (nSPS) is 19.7. The number of halogens is 1. The van der Waals surface area contributed by atoms with Crippen molar-refractivity contribution in [1.82, 2.24) is 24.4 Å². The Kier molecular flexibility index (Phi) is 11.2. The summed E-state index contributed by atoms with van der Waals surface area (Å²) in [5.41, 5.74) is 3.21. The number of anilines is 2. The summed E-state index contributed by atoms with van der Waals surface area (Å²) in [4.78, 5) is 38.9. The van der Waals surface area contributed by atoms with Crippen molar-refractivity contribution in [3.8, 4) is 11.4 Å². The summed E-state index contributed by atoms with van der Waals surface area (Å²) in [6.07, 6.45) is 10.4. The summed E-state index contributed by atoms with van der Waals surface area (Å²) in [7, 11) is -1.27. The number of Topliss-reactive ketones (excluding diaryl/α,β-unsaturated/α-hetero) is 1. The first-order chi connectivity index (χ1) is 26.3. The van der Waals surface area contributed by atoms with Crippen molar-refractivity contribution >= 4 is 46.1 Å². The van der Waals surface area contributed by atoms with E-state index in [1.54, 1.807) is 25.4 Å². The van der Waals surface area contributed by atoms with Gasteiger partial charge in [-0.1, -0.05) is 33.3 Å². The standard InChI is InChI=1S/C42H53FN8O3S/c1-27(2)39(53)34-23-32(11-13-36(34)55(6)54)49-17-15-42(43,16-18-49)26-48-19-21-50(22-20-48)33-12-14-37(44-24-33)46-41-45-25-35-28(3)38(30(5)52)29(4)51(40(35)47-41)31-9-7-8-10-31/h11-14,23-25,27,31,52H,4,7-10,15-22,26H2,1-3,5-6H3/b38-30+,46-41?. The van der Waals surface area contributed by atoms with Crippen LogP contribution in [0.2, 0.25) is 0 Å². The predicted octanol–water partition coefficient (Wildman–Crippen LogP) is 5.24. The van der Waals surface area contributed by atoms with Gasteiger partial charge >= 0.3 is 0 Å². The largest absolute Gasteiger partial charge is 0.512 e. The molecule has 2 aromatic rings. The van der Waals surface area contributed by atoms with Crippen LogP contribution in [0.3, 0.4) is 0 Å². The summed E-state index contributed by atoms with van der Waals surface area (Å²) >= 11 is 0. The highest BCUT2D eigenvalue weighted by atomic mass is 32.2. The summed E-state index contributed by atoms with van der Waals surface area (Å²) in [5, 5.41) is 12.0. The van der Waals surface area contributed by atoms with E-state index < -0.39 is 16.5 Å². The molecule has 1 aromatic carbocycles. The number of carbonyl (C=O) groups excluding carboxylic acids is 1. The minimum absolute atomic E-state index is 0.0244. The maximum atomic E-state index is 16.2. The van der Waals surface area contributed by atoms with E-state index in [0.29, 0.717) is 54.4 Å². The van der Waals surface area contributed by atoms with Crippen molar-refractivity contribution in [2.24, 2.45) is 10.9 Å². The number of benzene rings is 1. The predicted molar refractivity (Wildman–Crippen MR) is 217 cm³/mol. The van der Waals surface area contributed by atoms with E-state index in [9.17, 15) is 14.1 Å². The van der Waals surface area contributed by atoms with Crippen LogP contribution in [0.4, 0.5) is 21.6 Å². The molecule has 292 valence electrons. The maximum Gasteiger partial charge on any atom is 0.253 e. The number of hydrogen-bond donors (Lipinski definition) is 1. The molecule has 0 radical (unpaired) electrons. The highest BCUT2D eigenvalue weighted by molar-refractivity contribution is 7.84. The lowest BCUT2D eigenvalue weighted by Crippen LogP contribution is -2.53. The fourth-order valence-corrected chi connectivity index (χ4v) is 9.32. The molecule has 3 fully saturated rings. The van der Waals surface area contributed by atoms with Crippen LogP contribution in [0.1, 0.15) is 81.3 Å². The average Bonchev–Trinajstić information content (AvgIpc) is 3.69. The van der Waals surface area contributed by atoms with Crippen LogP contribution in [0.25, 0.3) is 23.7 Å². The van der Waals surface area contributed by atoms with Crippen LogP contribution in [0.15, 0.2) is 52.6 Å². The number of piperazine rings is 1. The van der Waals surface area contributed by atoms with Gasteiger partial charge in [0.1, 0.15) is 11.5 Å². The molecule has 5 heterocycles. The minimum Gasteiger partial charge on any atom is -0.512 e. The molecule has 7 rings (SSSR count). The molecule has 5 aliphatic rings. The molecule has 1 aromatic heterocycles. The van der Waals surface area contributed by atoms with Gasteiger partial charge in [0.15, 0.2) is 11.6 Å². The lowest BCUT2D eigenvalue weighted by Gasteiger charge is -2.43. The van der Waals surface area contributed by atoms with Gasteiger partial charge in [-0.2, -0.15) is 9.98 Å². The Morgan fingerprint density at radius 1 is 1.02 bits per heavy atom. The molecular formula is C42H53FN8O3S. The lowest BCUT2D eigenvalue weighted by molar-refractivity contribution is 0.0649. The maximum absolute atomic E-state index is 16.2. The zero-order chi connectivity index (χ0) is 39.0. The van der Waals surface area contributed by atoms with Crippen LogP contribution in [-0.4, -0.2) is 97.3 Å². The van der Waals surface area contributed by atoms with Gasteiger partial charge in [0, 0.05) is 115 Å². The summed E-state index contributed by atoms with van der Waals surface area (Å²) in [5.74, 6) is 1.31. The van der Waals surface area contributed by atoms with Crippen molar-refractivity contribution in [2.45, 2.75) is 82.8 Å². The van der Waals surface area contributed by atoms with Crippen LogP contribution < -0.4 is 26.0 Å². The zero-order valence-electron chi connectivity index (χ0n) is 32.7. The molecule has 1 N–H and O–H groups in total. The Labute approximate surface area is 325 Å². The van der Waals surface area contributed by atoms with E-state index in [2.05, 4.69) is 40.8 Å². The summed E-state index contributed by atoms with van der Waals surface area (Å²) < 4.78 is 30.7. The average molecular weight is 769 g/mol. The summed E-state index contributed by atoms with van der Waals surface area (Å²) in [6, 6.07) is 9.70. The SMILES string of the molecule is C=c1/c(=C(\C)O)c(C)c2cnc(=Nc3ccc(N4CCN(CC5(F)CCN(c6ccc(S(C)=O)c(C(=O)C(C)C)c6)CC5)CC4)cn3)nc-2n1C1CCCC1. The molecule has 1 aliphatic carbocycles. The van der Waals surface area contributed by atoms with Crippen molar-refractivity contribution in [1.29, 1.82) is 0 Å². The van der Waals surface area contributed by atoms with E-state index in [4.69, 9.17) is 4.98 Å². The number of fused-ring (bicyclic) bond motifs is 1. The van der Waals surface area contributed by atoms with Gasteiger partial charge in [0.25, 0.3) is 5.62 Å². The third-order valence-corrected chi connectivity index (χ3v) is 12.6. The zero-order valence-corrected chi connectivity index (χ0v) is 33.5. The molecule has 0 amide bonds. The fraction of sp³-hybridized carbons (Fsp3) is 0.500. The number of aliphatic hydroxyl groups excluding tert-OH is 1. The Morgan fingerprint density at radius 3 is 2.31 bits per heavy atom. The first-order valence-corrected chi connectivity index (χ1v) is 21.1. The number of aromatic nitrogens is 4. The number of hydrogen-bond acceptors (Lipinski definition) is 10. The second-order valence-corrected chi connectivity index (χ2v) is 17.1. The van der Waals surface area contributed by atoms with Crippen LogP contribution in [0.5, 0.6) is 0 Å². The third kappa shape index (κ3) is 8.09. The number of rotatable bonds is 9. The van der Waals surface area contributed by atoms with Gasteiger partial charge in [0.05, 0.1) is 28.4 Å². The van der Waals surface area contributed by atoms with E-state index in [1.165, 1.54) is 0 Å². The quantitative estimate of drug-likeness (QED) is 0.228. The van der Waals surface area contributed by atoms with Gasteiger partial charge in [-0.15, -0.1) is 0 Å². The van der Waals surface area contributed by atoms with Gasteiger partial charge in [0.2, 0.25) is 0 Å². The van der Waals surface area contributed by atoms with E-state index >= 15 is 4.39 Å². The molecule has 0 bridgehead atoms. The smallest absolute Gasteiger partial charge is 0.253 e. The molecule has 2 saturated heterocycles. The van der Waals surface area contributed by atoms with Gasteiger partial charge in [-0.25, -0.2) is 14.4 Å². The molecule has 13 heteroatoms. The van der Waals surface area contributed by atoms with E-state index in [-0.39, 0.29) is 23.5 Å². The molecule has 4 aliphatic heterocycles. The Balaban J connectivity index is 0.979. The summed E-state index contributed by atoms with van der Waals surface area (Å²) in [6.45, 7) is 16.3. The second kappa shape index (κ2) is 15.9. The Hall–Kier alpha value is -4.49. The van der Waals surface area contributed by atoms with Gasteiger partial charge in [-0.05, 0) is 62.6 Å². The van der Waals surface area contributed by atoms with Gasteiger partial charge in [-0.3, -0.25) is 13.9 Å². The van der Waals surface area contributed by atoms with Crippen molar-refractivity contribution < 1.29 is 18.5 Å². The Bertz CT molecular complexity index is 2230. The van der Waals surface area contributed by atoms with E-state index in [1.807, 2.05) is 51.2 Å². The van der Waals surface area contributed by atoms with Gasteiger partial charge < -0.3 is 19.5 Å². The first kappa shape index (κ1) is 38.8. The highest BCUT2D eigenvalue weighted by Gasteiger charge is 2.37. The number of piperidine rings is 1.